The van der Waals surface area contributed by atoms with E-state index in [0.29, 0.717) is 12.1 Å². The zero-order chi connectivity index (χ0) is 13.8. The average molecular weight is 265 g/mol. The number of rotatable bonds is 4. The quantitative estimate of drug-likeness (QED) is 0.910. The molecule has 2 atom stereocenters. The predicted octanol–water partition coefficient (Wildman–Crippen LogP) is 2.90. The zero-order valence-corrected chi connectivity index (χ0v) is 11.2. The molecule has 1 aromatic rings. The number of hydrogen-bond acceptors (Lipinski definition) is 2. The molecule has 1 aromatic carbocycles. The van der Waals surface area contributed by atoms with Crippen LogP contribution >= 0.6 is 0 Å². The Labute approximate surface area is 113 Å². The Morgan fingerprint density at radius 2 is 2.05 bits per heavy atom. The van der Waals surface area contributed by atoms with E-state index >= 15 is 0 Å². The van der Waals surface area contributed by atoms with Crippen LogP contribution in [0.5, 0.6) is 0 Å². The van der Waals surface area contributed by atoms with Crippen molar-refractivity contribution in [3.8, 4) is 0 Å². The molecule has 0 radical (unpaired) electrons. The Bertz CT molecular complexity index is 450. The Morgan fingerprint density at radius 3 is 2.74 bits per heavy atom. The molecule has 0 saturated heterocycles. The Hall–Kier alpha value is -1.42. The van der Waals surface area contributed by atoms with Crippen molar-refractivity contribution in [3.63, 3.8) is 0 Å². The van der Waals surface area contributed by atoms with E-state index in [0.717, 1.165) is 25.7 Å². The fraction of sp³-hybridized carbons (Fsp3) is 0.533. The number of benzene rings is 1. The zero-order valence-electron chi connectivity index (χ0n) is 11.2. The monoisotopic (exact) mass is 265 g/mol. The van der Waals surface area contributed by atoms with Crippen molar-refractivity contribution in [3.05, 3.63) is 35.6 Å². The van der Waals surface area contributed by atoms with Crippen molar-refractivity contribution in [2.24, 2.45) is 5.92 Å². The van der Waals surface area contributed by atoms with E-state index < -0.39 is 5.97 Å². The fourth-order valence-electron chi connectivity index (χ4n) is 2.94. The standard InChI is InChI=1S/C15H20FNO2/c1-17(10-11-6-2-4-8-13(11)16)14-9-5-3-7-12(14)15(18)19/h2,4,6,8,12,14H,3,5,7,9-10H2,1H3,(H,18,19). The van der Waals surface area contributed by atoms with Crippen LogP contribution in [0.25, 0.3) is 0 Å². The lowest BCUT2D eigenvalue weighted by molar-refractivity contribution is -0.145. The minimum absolute atomic E-state index is 0.00542. The van der Waals surface area contributed by atoms with Gasteiger partial charge in [0.05, 0.1) is 5.92 Å². The van der Waals surface area contributed by atoms with Crippen LogP contribution in [0.3, 0.4) is 0 Å². The highest BCUT2D eigenvalue weighted by Crippen LogP contribution is 2.29. The van der Waals surface area contributed by atoms with E-state index in [1.165, 1.54) is 6.07 Å². The van der Waals surface area contributed by atoms with Gasteiger partial charge < -0.3 is 5.11 Å². The lowest BCUT2D eigenvalue weighted by Gasteiger charge is -2.35. The Balaban J connectivity index is 2.07. The van der Waals surface area contributed by atoms with Crippen LogP contribution in [0, 0.1) is 11.7 Å². The highest BCUT2D eigenvalue weighted by Gasteiger charge is 2.33. The summed E-state index contributed by atoms with van der Waals surface area (Å²) in [4.78, 5) is 13.3. The number of nitrogens with zero attached hydrogens (tertiary/aromatic N) is 1. The molecule has 104 valence electrons. The third kappa shape index (κ3) is 3.32. The van der Waals surface area contributed by atoms with Crippen molar-refractivity contribution in [2.75, 3.05) is 7.05 Å². The SMILES string of the molecule is CN(Cc1ccccc1F)C1CCCCC1C(=O)O. The molecule has 1 fully saturated rings. The molecule has 3 nitrogen and oxygen atoms in total. The molecule has 0 heterocycles. The first-order chi connectivity index (χ1) is 9.09. The normalized spacial score (nSPS) is 23.5. The van der Waals surface area contributed by atoms with Gasteiger partial charge in [-0.25, -0.2) is 4.39 Å². The van der Waals surface area contributed by atoms with Gasteiger partial charge in [0.2, 0.25) is 0 Å². The van der Waals surface area contributed by atoms with Crippen LogP contribution in [-0.4, -0.2) is 29.1 Å². The third-order valence-corrected chi connectivity index (χ3v) is 3.99. The van der Waals surface area contributed by atoms with Gasteiger partial charge in [0, 0.05) is 18.2 Å². The highest BCUT2D eigenvalue weighted by atomic mass is 19.1. The molecular weight excluding hydrogens is 245 g/mol. The van der Waals surface area contributed by atoms with E-state index in [9.17, 15) is 14.3 Å². The molecule has 4 heteroatoms. The lowest BCUT2D eigenvalue weighted by Crippen LogP contribution is -2.43. The molecule has 1 aliphatic carbocycles. The molecule has 1 aliphatic rings. The van der Waals surface area contributed by atoms with Gasteiger partial charge in [0.1, 0.15) is 5.82 Å². The van der Waals surface area contributed by atoms with Crippen molar-refractivity contribution in [1.82, 2.24) is 4.90 Å². The molecule has 19 heavy (non-hydrogen) atoms. The molecule has 0 aliphatic heterocycles. The summed E-state index contributed by atoms with van der Waals surface area (Å²) in [7, 11) is 1.89. The lowest BCUT2D eigenvalue weighted by atomic mass is 9.83. The predicted molar refractivity (Wildman–Crippen MR) is 71.2 cm³/mol. The molecule has 0 spiro atoms. The van der Waals surface area contributed by atoms with Gasteiger partial charge in [-0.2, -0.15) is 0 Å². The van der Waals surface area contributed by atoms with E-state index in [-0.39, 0.29) is 17.8 Å². The second-order valence-electron chi connectivity index (χ2n) is 5.30. The van der Waals surface area contributed by atoms with Crippen LogP contribution in [0.4, 0.5) is 4.39 Å². The van der Waals surface area contributed by atoms with Crippen molar-refractivity contribution in [2.45, 2.75) is 38.3 Å². The summed E-state index contributed by atoms with van der Waals surface area (Å²) in [6.45, 7) is 0.459. The maximum atomic E-state index is 13.6. The van der Waals surface area contributed by atoms with Crippen LogP contribution in [-0.2, 0) is 11.3 Å². The number of halogens is 1. The number of hydrogen-bond donors (Lipinski definition) is 1. The minimum Gasteiger partial charge on any atom is -0.481 e. The average Bonchev–Trinajstić information content (AvgIpc) is 2.41. The van der Waals surface area contributed by atoms with Gasteiger partial charge >= 0.3 is 5.97 Å². The van der Waals surface area contributed by atoms with E-state index in [4.69, 9.17) is 0 Å². The summed E-state index contributed by atoms with van der Waals surface area (Å²) in [5.74, 6) is -1.28. The topological polar surface area (TPSA) is 40.5 Å². The van der Waals surface area contributed by atoms with Crippen molar-refractivity contribution >= 4 is 5.97 Å². The van der Waals surface area contributed by atoms with E-state index in [2.05, 4.69) is 0 Å². The smallest absolute Gasteiger partial charge is 0.308 e. The van der Waals surface area contributed by atoms with Crippen molar-refractivity contribution < 1.29 is 14.3 Å². The van der Waals surface area contributed by atoms with Crippen LogP contribution < -0.4 is 0 Å². The first kappa shape index (κ1) is 14.0. The fourth-order valence-corrected chi connectivity index (χ4v) is 2.94. The molecule has 0 aromatic heterocycles. The maximum Gasteiger partial charge on any atom is 0.308 e. The summed E-state index contributed by atoms with van der Waals surface area (Å²) in [6, 6.07) is 6.68. The van der Waals surface area contributed by atoms with Gasteiger partial charge in [-0.1, -0.05) is 31.0 Å². The number of carbonyl (C=O) groups is 1. The first-order valence-electron chi connectivity index (χ1n) is 6.76. The summed E-state index contributed by atoms with van der Waals surface area (Å²) >= 11 is 0. The Kier molecular flexibility index (Phi) is 4.53. The van der Waals surface area contributed by atoms with Crippen LogP contribution in [0.2, 0.25) is 0 Å². The van der Waals surface area contributed by atoms with Gasteiger partial charge in [0.25, 0.3) is 0 Å². The molecule has 0 amide bonds. The number of aliphatic carboxylic acids is 1. The largest absolute Gasteiger partial charge is 0.481 e. The summed E-state index contributed by atoms with van der Waals surface area (Å²) in [5, 5.41) is 9.28. The molecule has 1 saturated carbocycles. The highest BCUT2D eigenvalue weighted by molar-refractivity contribution is 5.71. The summed E-state index contributed by atoms with van der Waals surface area (Å²) in [6.07, 6.45) is 3.63. The number of carboxylic acid groups (broad SMARTS) is 1. The van der Waals surface area contributed by atoms with Crippen molar-refractivity contribution in [1.29, 1.82) is 0 Å². The minimum atomic E-state index is -0.731. The Morgan fingerprint density at radius 1 is 1.37 bits per heavy atom. The second-order valence-corrected chi connectivity index (χ2v) is 5.30. The van der Waals surface area contributed by atoms with Gasteiger partial charge in [-0.15, -0.1) is 0 Å². The molecule has 1 N–H and O–H groups in total. The van der Waals surface area contributed by atoms with Crippen LogP contribution in [0.1, 0.15) is 31.2 Å². The van der Waals surface area contributed by atoms with Gasteiger partial charge in [0.15, 0.2) is 0 Å². The van der Waals surface area contributed by atoms with E-state index in [1.54, 1.807) is 12.1 Å². The van der Waals surface area contributed by atoms with E-state index in [1.807, 2.05) is 18.0 Å². The van der Waals surface area contributed by atoms with Gasteiger partial charge in [-0.05, 0) is 26.0 Å². The second kappa shape index (κ2) is 6.15. The molecular formula is C15H20FNO2. The van der Waals surface area contributed by atoms with Crippen LogP contribution in [0.15, 0.2) is 24.3 Å². The third-order valence-electron chi connectivity index (χ3n) is 3.99. The first-order valence-corrected chi connectivity index (χ1v) is 6.76. The number of carboxylic acids is 1. The molecule has 2 rings (SSSR count). The van der Waals surface area contributed by atoms with Gasteiger partial charge in [-0.3, -0.25) is 9.69 Å². The maximum absolute atomic E-state index is 13.6. The summed E-state index contributed by atoms with van der Waals surface area (Å²) in [5.41, 5.74) is 0.625. The molecule has 2 unspecified atom stereocenters. The molecule has 0 bridgehead atoms. The summed E-state index contributed by atoms with van der Waals surface area (Å²) < 4.78 is 13.6.